The van der Waals surface area contributed by atoms with Gasteiger partial charge in [-0.3, -0.25) is 14.8 Å². The van der Waals surface area contributed by atoms with Crippen LogP contribution in [-0.2, 0) is 17.8 Å². The molecule has 0 aliphatic carbocycles. The molecule has 0 fully saturated rings. The Balaban J connectivity index is 1.42. The molecule has 6 nitrogen and oxygen atoms in total. The monoisotopic (exact) mass is 342 g/mol. The van der Waals surface area contributed by atoms with E-state index in [0.29, 0.717) is 19.7 Å². The number of ether oxygens (including phenoxy) is 1. The van der Waals surface area contributed by atoms with Gasteiger partial charge in [-0.25, -0.2) is 0 Å². The molecule has 6 heteroatoms. The van der Waals surface area contributed by atoms with Crippen molar-refractivity contribution >= 4 is 5.91 Å². The summed E-state index contributed by atoms with van der Waals surface area (Å²) in [5.74, 6) is 0.997. The van der Waals surface area contributed by atoms with Crippen molar-refractivity contribution in [3.8, 4) is 5.75 Å². The van der Waals surface area contributed by atoms with Crippen LogP contribution in [0.2, 0.25) is 0 Å². The lowest BCUT2D eigenvalue weighted by Gasteiger charge is -2.18. The van der Waals surface area contributed by atoms with Gasteiger partial charge in [0, 0.05) is 30.9 Å². The zero-order valence-electron chi connectivity index (χ0n) is 15.0. The fraction of sp³-hybridized carbons (Fsp3) is 0.474. The highest BCUT2D eigenvalue weighted by Crippen LogP contribution is 2.22. The quantitative estimate of drug-likeness (QED) is 0.788. The van der Waals surface area contributed by atoms with Crippen molar-refractivity contribution in [1.29, 1.82) is 0 Å². The van der Waals surface area contributed by atoms with Gasteiger partial charge < -0.3 is 10.1 Å². The second-order valence-electron chi connectivity index (χ2n) is 6.53. The number of aryl methyl sites for hydroxylation is 2. The zero-order valence-corrected chi connectivity index (χ0v) is 15.0. The number of carbonyl (C=O) groups excluding carboxylic acids is 1. The van der Waals surface area contributed by atoms with Crippen LogP contribution in [0.5, 0.6) is 5.75 Å². The minimum Gasteiger partial charge on any atom is -0.492 e. The molecule has 0 bridgehead atoms. The topological polar surface area (TPSA) is 70.2 Å². The molecule has 0 radical (unpaired) electrons. The Kier molecular flexibility index (Phi) is 5.71. The van der Waals surface area contributed by atoms with Crippen molar-refractivity contribution in [3.05, 3.63) is 46.8 Å². The third-order valence-corrected chi connectivity index (χ3v) is 4.61. The number of hydrogen-bond donors (Lipinski definition) is 2. The zero-order chi connectivity index (χ0) is 17.6. The lowest BCUT2D eigenvalue weighted by Crippen LogP contribution is -2.38. The van der Waals surface area contributed by atoms with Gasteiger partial charge in [0.05, 0.1) is 12.2 Å². The normalized spacial score (nSPS) is 14.5. The molecule has 2 heterocycles. The van der Waals surface area contributed by atoms with Crippen LogP contribution in [0.15, 0.2) is 24.3 Å². The Morgan fingerprint density at radius 2 is 2.20 bits per heavy atom. The molecule has 134 valence electrons. The van der Waals surface area contributed by atoms with Gasteiger partial charge in [-0.1, -0.05) is 18.2 Å². The molecular formula is C19H26N4O2. The summed E-state index contributed by atoms with van der Waals surface area (Å²) in [5, 5.41) is 10.2. The van der Waals surface area contributed by atoms with Gasteiger partial charge in [-0.05, 0) is 38.3 Å². The number of aromatic nitrogens is 2. The number of H-pyrrole nitrogens is 1. The Morgan fingerprint density at radius 3 is 3.00 bits per heavy atom. The lowest BCUT2D eigenvalue weighted by molar-refractivity contribution is -0.122. The number of rotatable bonds is 6. The largest absolute Gasteiger partial charge is 0.492 e. The molecule has 0 spiro atoms. The predicted octanol–water partition coefficient (Wildman–Crippen LogP) is 1.97. The number of carbonyl (C=O) groups is 1. The average molecular weight is 342 g/mol. The summed E-state index contributed by atoms with van der Waals surface area (Å²) in [6, 6.07) is 8.02. The molecule has 1 amide bonds. The fourth-order valence-corrected chi connectivity index (χ4v) is 3.21. The van der Waals surface area contributed by atoms with Gasteiger partial charge >= 0.3 is 0 Å². The third kappa shape index (κ3) is 4.60. The van der Waals surface area contributed by atoms with Crippen LogP contribution in [0.25, 0.3) is 0 Å². The third-order valence-electron chi connectivity index (χ3n) is 4.61. The van der Waals surface area contributed by atoms with Gasteiger partial charge in [0.15, 0.2) is 0 Å². The molecule has 2 N–H and O–H groups in total. The van der Waals surface area contributed by atoms with Crippen molar-refractivity contribution in [3.63, 3.8) is 0 Å². The molecule has 2 aromatic rings. The van der Waals surface area contributed by atoms with Crippen LogP contribution in [0, 0.1) is 13.8 Å². The van der Waals surface area contributed by atoms with Crippen molar-refractivity contribution in [1.82, 2.24) is 20.4 Å². The number of nitrogens with one attached hydrogen (secondary N) is 2. The maximum absolute atomic E-state index is 12.2. The van der Waals surface area contributed by atoms with E-state index in [2.05, 4.69) is 26.5 Å². The molecule has 0 unspecified atom stereocenters. The highest BCUT2D eigenvalue weighted by Gasteiger charge is 2.17. The first-order valence-electron chi connectivity index (χ1n) is 8.83. The summed E-state index contributed by atoms with van der Waals surface area (Å²) in [5.41, 5.74) is 4.56. The highest BCUT2D eigenvalue weighted by atomic mass is 16.5. The van der Waals surface area contributed by atoms with E-state index in [-0.39, 0.29) is 5.91 Å². The van der Waals surface area contributed by atoms with Crippen molar-refractivity contribution in [2.45, 2.75) is 33.2 Å². The lowest BCUT2D eigenvalue weighted by atomic mass is 10.1. The molecule has 0 atom stereocenters. The van der Waals surface area contributed by atoms with Crippen LogP contribution in [0.3, 0.4) is 0 Å². The Bertz CT molecular complexity index is 706. The maximum atomic E-state index is 12.2. The molecule has 1 aromatic heterocycles. The molecular weight excluding hydrogens is 316 g/mol. The van der Waals surface area contributed by atoms with Gasteiger partial charge in [0.2, 0.25) is 5.91 Å². The van der Waals surface area contributed by atoms with Crippen LogP contribution in [-0.4, -0.2) is 47.2 Å². The fourth-order valence-electron chi connectivity index (χ4n) is 3.21. The van der Waals surface area contributed by atoms with Crippen molar-refractivity contribution in [2.24, 2.45) is 0 Å². The smallest absolute Gasteiger partial charge is 0.234 e. The standard InChI is InChI=1S/C19H26N4O2/c1-14-17(15(2)22-21-14)7-5-9-20-19(24)13-23-10-11-25-18-8-4-3-6-16(18)12-23/h3-4,6,8H,5,7,9-13H2,1-2H3,(H,20,24)(H,21,22). The number of hydrogen-bond acceptors (Lipinski definition) is 4. The second-order valence-corrected chi connectivity index (χ2v) is 6.53. The number of para-hydroxylation sites is 1. The first kappa shape index (κ1) is 17.5. The molecule has 1 aromatic carbocycles. The number of nitrogens with zero attached hydrogens (tertiary/aromatic N) is 2. The highest BCUT2D eigenvalue weighted by molar-refractivity contribution is 5.78. The summed E-state index contributed by atoms with van der Waals surface area (Å²) in [6.45, 7) is 7.25. The van der Waals surface area contributed by atoms with Crippen LogP contribution in [0.1, 0.15) is 28.9 Å². The number of fused-ring (bicyclic) bond motifs is 1. The number of benzene rings is 1. The summed E-state index contributed by atoms with van der Waals surface area (Å²) >= 11 is 0. The summed E-state index contributed by atoms with van der Waals surface area (Å²) in [7, 11) is 0. The molecule has 0 saturated heterocycles. The van der Waals surface area contributed by atoms with Crippen LogP contribution >= 0.6 is 0 Å². The Hall–Kier alpha value is -2.34. The summed E-state index contributed by atoms with van der Waals surface area (Å²) in [6.07, 6.45) is 1.85. The van der Waals surface area contributed by atoms with Gasteiger partial charge in [-0.2, -0.15) is 5.10 Å². The molecule has 1 aliphatic rings. The van der Waals surface area contributed by atoms with Crippen molar-refractivity contribution < 1.29 is 9.53 Å². The summed E-state index contributed by atoms with van der Waals surface area (Å²) in [4.78, 5) is 14.3. The van der Waals surface area contributed by atoms with Gasteiger partial charge in [0.1, 0.15) is 12.4 Å². The van der Waals surface area contributed by atoms with E-state index < -0.39 is 0 Å². The van der Waals surface area contributed by atoms with E-state index in [4.69, 9.17) is 4.74 Å². The van der Waals surface area contributed by atoms with Crippen LogP contribution in [0.4, 0.5) is 0 Å². The molecule has 3 rings (SSSR count). The van der Waals surface area contributed by atoms with Gasteiger partial charge in [-0.15, -0.1) is 0 Å². The Labute approximate surface area is 148 Å². The SMILES string of the molecule is Cc1n[nH]c(C)c1CCCNC(=O)CN1CCOc2ccccc2C1. The average Bonchev–Trinajstić information content (AvgIpc) is 2.80. The minimum atomic E-state index is 0.0695. The number of aromatic amines is 1. The predicted molar refractivity (Wildman–Crippen MR) is 96.6 cm³/mol. The summed E-state index contributed by atoms with van der Waals surface area (Å²) < 4.78 is 5.74. The van der Waals surface area contributed by atoms with E-state index in [9.17, 15) is 4.79 Å². The van der Waals surface area contributed by atoms with E-state index >= 15 is 0 Å². The molecule has 25 heavy (non-hydrogen) atoms. The Morgan fingerprint density at radius 1 is 1.36 bits per heavy atom. The van der Waals surface area contributed by atoms with E-state index in [1.54, 1.807) is 0 Å². The molecule has 0 saturated carbocycles. The number of amides is 1. The second kappa shape index (κ2) is 8.16. The van der Waals surface area contributed by atoms with Crippen LogP contribution < -0.4 is 10.1 Å². The van der Waals surface area contributed by atoms with E-state index in [1.165, 1.54) is 5.56 Å². The molecule has 1 aliphatic heterocycles. The minimum absolute atomic E-state index is 0.0695. The first-order chi connectivity index (χ1) is 12.1. The maximum Gasteiger partial charge on any atom is 0.234 e. The van der Waals surface area contributed by atoms with Crippen molar-refractivity contribution in [2.75, 3.05) is 26.2 Å². The first-order valence-corrected chi connectivity index (χ1v) is 8.83. The van der Waals surface area contributed by atoms with E-state index in [0.717, 1.165) is 48.6 Å². The van der Waals surface area contributed by atoms with E-state index in [1.807, 2.05) is 32.0 Å². The van der Waals surface area contributed by atoms with Gasteiger partial charge in [0.25, 0.3) is 0 Å².